The summed E-state index contributed by atoms with van der Waals surface area (Å²) in [5.74, 6) is -4.81. The Morgan fingerprint density at radius 2 is 1.42 bits per heavy atom. The van der Waals surface area contributed by atoms with E-state index in [-0.39, 0.29) is 18.4 Å². The zero-order chi connectivity index (χ0) is 24.5. The van der Waals surface area contributed by atoms with Gasteiger partial charge >= 0.3 is 5.97 Å². The molecule has 0 aliphatic carbocycles. The molecule has 2 unspecified atom stereocenters. The molecular weight excluding hydrogens is 412 g/mol. The lowest BCUT2D eigenvalue weighted by Crippen LogP contribution is -2.59. The zero-order valence-corrected chi connectivity index (χ0v) is 19.4. The van der Waals surface area contributed by atoms with Crippen LogP contribution in [0.5, 0.6) is 0 Å². The predicted octanol–water partition coefficient (Wildman–Crippen LogP) is 2.11. The second-order valence-electron chi connectivity index (χ2n) is 9.32. The van der Waals surface area contributed by atoms with Crippen LogP contribution < -0.4 is 16.0 Å². The number of hydrogen-bond acceptors (Lipinski definition) is 5. The summed E-state index contributed by atoms with van der Waals surface area (Å²) in [6, 6.07) is -3.59. The second-order valence-corrected chi connectivity index (χ2v) is 9.32. The Bertz CT molecular complexity index is 635. The fraction of sp³-hybridized carbons (Fsp3) is 0.810. The summed E-state index contributed by atoms with van der Waals surface area (Å²) in [7, 11) is 0. The highest BCUT2D eigenvalue weighted by atomic mass is 19.3. The molecule has 0 fully saturated rings. The Morgan fingerprint density at radius 1 is 0.903 bits per heavy atom. The summed E-state index contributed by atoms with van der Waals surface area (Å²) in [4.78, 5) is 48.4. The van der Waals surface area contributed by atoms with Crippen molar-refractivity contribution in [3.05, 3.63) is 0 Å². The van der Waals surface area contributed by atoms with Crippen molar-refractivity contribution in [2.45, 2.75) is 98.3 Å². The number of Topliss-reactive ketones (excluding diaryl/α,β-unsaturated/α-hetero) is 1. The van der Waals surface area contributed by atoms with Gasteiger partial charge in [-0.2, -0.15) is 0 Å². The number of ketones is 1. The minimum atomic E-state index is -2.99. The molecule has 0 rings (SSSR count). The molecule has 0 aromatic heterocycles. The summed E-state index contributed by atoms with van der Waals surface area (Å²) in [6.07, 6.45) is -3.15. The molecule has 0 aromatic rings. The molecule has 0 spiro atoms. The maximum Gasteiger partial charge on any atom is 0.374 e. The molecule has 2 amide bonds. The van der Waals surface area contributed by atoms with Crippen molar-refractivity contribution in [2.75, 3.05) is 0 Å². The molecule has 0 radical (unpaired) electrons. The van der Waals surface area contributed by atoms with E-state index in [2.05, 4.69) is 16.0 Å². The SMILES string of the molecule is CCC(C)N[C@H](C(=O)N[C@@H](CC(C)C)C(=O)NC(CC(F)F)C(=O)C(=O)O)C(C)(C)C. The van der Waals surface area contributed by atoms with Crippen LogP contribution in [-0.2, 0) is 19.2 Å². The molecule has 0 aliphatic rings. The molecule has 0 aromatic carbocycles. The maximum absolute atomic E-state index is 13.0. The van der Waals surface area contributed by atoms with E-state index < -0.39 is 60.0 Å². The number of carboxylic acids is 1. The summed E-state index contributed by atoms with van der Waals surface area (Å²) in [5, 5.41) is 16.8. The Kier molecular flexibility index (Phi) is 11.8. The lowest BCUT2D eigenvalue weighted by molar-refractivity contribution is -0.151. The lowest BCUT2D eigenvalue weighted by atomic mass is 9.85. The van der Waals surface area contributed by atoms with Crippen molar-refractivity contribution in [3.8, 4) is 0 Å². The van der Waals surface area contributed by atoms with Crippen LogP contribution in [0.3, 0.4) is 0 Å². The van der Waals surface area contributed by atoms with Crippen LogP contribution in [0.4, 0.5) is 8.78 Å². The first kappa shape index (κ1) is 28.9. The molecule has 180 valence electrons. The van der Waals surface area contributed by atoms with Gasteiger partial charge in [-0.1, -0.05) is 41.5 Å². The van der Waals surface area contributed by atoms with E-state index in [1.165, 1.54) is 0 Å². The first-order chi connectivity index (χ1) is 14.1. The van der Waals surface area contributed by atoms with Gasteiger partial charge in [0.1, 0.15) is 12.1 Å². The largest absolute Gasteiger partial charge is 0.475 e. The Hall–Kier alpha value is -2.10. The Morgan fingerprint density at radius 3 is 1.81 bits per heavy atom. The number of hydrogen-bond donors (Lipinski definition) is 4. The Balaban J connectivity index is 5.63. The standard InChI is InChI=1S/C21H37F2N3O5/c1-8-12(4)24-17(21(5,6)7)19(29)26-14(9-11(2)3)18(28)25-13(10-15(22)23)16(27)20(30)31/h11-15,17,24H,8-10H2,1-7H3,(H,25,28)(H,26,29)(H,30,31)/t12?,13?,14-,17+/m0/s1. The van der Waals surface area contributed by atoms with Gasteiger partial charge in [-0.3, -0.25) is 14.4 Å². The van der Waals surface area contributed by atoms with Crippen molar-refractivity contribution in [1.82, 2.24) is 16.0 Å². The molecule has 8 nitrogen and oxygen atoms in total. The normalized spacial score (nSPS) is 15.8. The van der Waals surface area contributed by atoms with Crippen molar-refractivity contribution < 1.29 is 33.1 Å². The predicted molar refractivity (Wildman–Crippen MR) is 113 cm³/mol. The molecule has 0 aliphatic heterocycles. The number of aliphatic carboxylic acids is 1. The first-order valence-electron chi connectivity index (χ1n) is 10.5. The summed E-state index contributed by atoms with van der Waals surface area (Å²) in [5.41, 5.74) is -0.482. The van der Waals surface area contributed by atoms with E-state index in [9.17, 15) is 28.0 Å². The summed E-state index contributed by atoms with van der Waals surface area (Å²) < 4.78 is 25.6. The third-order valence-corrected chi connectivity index (χ3v) is 4.79. The number of halogens is 2. The number of amides is 2. The van der Waals surface area contributed by atoms with E-state index >= 15 is 0 Å². The van der Waals surface area contributed by atoms with E-state index in [0.29, 0.717) is 0 Å². The van der Waals surface area contributed by atoms with E-state index in [1.807, 2.05) is 48.5 Å². The summed E-state index contributed by atoms with van der Waals surface area (Å²) >= 11 is 0. The average Bonchev–Trinajstić information content (AvgIpc) is 2.61. The van der Waals surface area contributed by atoms with Gasteiger partial charge < -0.3 is 21.1 Å². The minimum Gasteiger partial charge on any atom is -0.475 e. The molecule has 0 bridgehead atoms. The van der Waals surface area contributed by atoms with Gasteiger partial charge in [0.05, 0.1) is 6.04 Å². The topological polar surface area (TPSA) is 125 Å². The molecule has 31 heavy (non-hydrogen) atoms. The third kappa shape index (κ3) is 10.7. The van der Waals surface area contributed by atoms with Crippen molar-refractivity contribution in [1.29, 1.82) is 0 Å². The van der Waals surface area contributed by atoms with Crippen LogP contribution in [0.15, 0.2) is 0 Å². The summed E-state index contributed by atoms with van der Waals surface area (Å²) in [6.45, 7) is 13.1. The fourth-order valence-corrected chi connectivity index (χ4v) is 2.91. The Labute approximate surface area is 182 Å². The van der Waals surface area contributed by atoms with Gasteiger partial charge in [-0.05, 0) is 31.1 Å². The fourth-order valence-electron chi connectivity index (χ4n) is 2.91. The molecule has 0 saturated heterocycles. The number of carbonyl (C=O) groups excluding carboxylic acids is 3. The van der Waals surface area contributed by atoms with E-state index in [0.717, 1.165) is 6.42 Å². The second kappa shape index (κ2) is 12.7. The molecular formula is C21H37F2N3O5. The third-order valence-electron chi connectivity index (χ3n) is 4.79. The highest BCUT2D eigenvalue weighted by Crippen LogP contribution is 2.21. The average molecular weight is 450 g/mol. The van der Waals surface area contributed by atoms with E-state index in [1.54, 1.807) is 0 Å². The quantitative estimate of drug-likeness (QED) is 0.319. The van der Waals surface area contributed by atoms with Crippen LogP contribution in [0.25, 0.3) is 0 Å². The van der Waals surface area contributed by atoms with Crippen LogP contribution >= 0.6 is 0 Å². The zero-order valence-electron chi connectivity index (χ0n) is 19.4. The van der Waals surface area contributed by atoms with Crippen molar-refractivity contribution in [3.63, 3.8) is 0 Å². The van der Waals surface area contributed by atoms with Crippen LogP contribution in [-0.4, -0.2) is 59.3 Å². The minimum absolute atomic E-state index is 0.0379. The van der Waals surface area contributed by atoms with Gasteiger partial charge in [0.2, 0.25) is 18.2 Å². The first-order valence-corrected chi connectivity index (χ1v) is 10.5. The smallest absolute Gasteiger partial charge is 0.374 e. The highest BCUT2D eigenvalue weighted by Gasteiger charge is 2.36. The molecule has 4 N–H and O–H groups in total. The molecule has 4 atom stereocenters. The number of carboxylic acid groups (broad SMARTS) is 1. The number of rotatable bonds is 13. The molecule has 10 heteroatoms. The number of carbonyl (C=O) groups is 4. The monoisotopic (exact) mass is 449 g/mol. The van der Waals surface area contributed by atoms with Crippen LogP contribution in [0.1, 0.15) is 67.7 Å². The lowest BCUT2D eigenvalue weighted by Gasteiger charge is -2.34. The van der Waals surface area contributed by atoms with Gasteiger partial charge in [-0.15, -0.1) is 0 Å². The van der Waals surface area contributed by atoms with Crippen molar-refractivity contribution in [2.24, 2.45) is 11.3 Å². The van der Waals surface area contributed by atoms with Crippen LogP contribution in [0.2, 0.25) is 0 Å². The molecule has 0 heterocycles. The van der Waals surface area contributed by atoms with Gasteiger partial charge in [0.15, 0.2) is 0 Å². The maximum atomic E-state index is 13.0. The number of nitrogens with one attached hydrogen (secondary N) is 3. The van der Waals surface area contributed by atoms with Gasteiger partial charge in [-0.25, -0.2) is 13.6 Å². The van der Waals surface area contributed by atoms with Crippen LogP contribution in [0, 0.1) is 11.3 Å². The highest BCUT2D eigenvalue weighted by molar-refractivity contribution is 6.35. The van der Waals surface area contributed by atoms with Gasteiger partial charge in [0.25, 0.3) is 5.78 Å². The van der Waals surface area contributed by atoms with Crippen molar-refractivity contribution >= 4 is 23.6 Å². The van der Waals surface area contributed by atoms with E-state index in [4.69, 9.17) is 5.11 Å². The molecule has 0 saturated carbocycles. The number of alkyl halides is 2. The van der Waals surface area contributed by atoms with Gasteiger partial charge in [0, 0.05) is 12.5 Å².